The van der Waals surface area contributed by atoms with Crippen molar-refractivity contribution in [2.24, 2.45) is 0 Å². The SMILES string of the molecule is COCc1ccc(C(=O)N[C@@H]2CCN(c3cccc(Cl)c3)C2=O)o1. The Labute approximate surface area is 144 Å². The van der Waals surface area contributed by atoms with E-state index in [2.05, 4.69) is 5.32 Å². The molecule has 2 heterocycles. The summed E-state index contributed by atoms with van der Waals surface area (Å²) < 4.78 is 10.3. The summed E-state index contributed by atoms with van der Waals surface area (Å²) in [5, 5.41) is 3.28. The minimum Gasteiger partial charge on any atom is -0.453 e. The number of hydrogen-bond donors (Lipinski definition) is 1. The van der Waals surface area contributed by atoms with E-state index in [0.29, 0.717) is 23.7 Å². The molecule has 0 unspecified atom stereocenters. The number of anilines is 1. The highest BCUT2D eigenvalue weighted by Crippen LogP contribution is 2.24. The highest BCUT2D eigenvalue weighted by Gasteiger charge is 2.34. The highest BCUT2D eigenvalue weighted by molar-refractivity contribution is 6.31. The van der Waals surface area contributed by atoms with Crippen LogP contribution in [0.3, 0.4) is 0 Å². The quantitative estimate of drug-likeness (QED) is 0.901. The molecule has 126 valence electrons. The monoisotopic (exact) mass is 348 g/mol. The summed E-state index contributed by atoms with van der Waals surface area (Å²) in [5.41, 5.74) is 0.727. The van der Waals surface area contributed by atoms with Gasteiger partial charge >= 0.3 is 0 Å². The van der Waals surface area contributed by atoms with Gasteiger partial charge in [-0.15, -0.1) is 0 Å². The average molecular weight is 349 g/mol. The van der Waals surface area contributed by atoms with Crippen LogP contribution in [-0.2, 0) is 16.1 Å². The van der Waals surface area contributed by atoms with Crippen molar-refractivity contribution in [2.75, 3.05) is 18.6 Å². The van der Waals surface area contributed by atoms with E-state index in [1.54, 1.807) is 42.3 Å². The minimum absolute atomic E-state index is 0.158. The highest BCUT2D eigenvalue weighted by atomic mass is 35.5. The summed E-state index contributed by atoms with van der Waals surface area (Å²) in [4.78, 5) is 26.4. The van der Waals surface area contributed by atoms with Crippen LogP contribution < -0.4 is 10.2 Å². The first kappa shape index (κ1) is 16.5. The summed E-state index contributed by atoms with van der Waals surface area (Å²) >= 11 is 5.97. The van der Waals surface area contributed by atoms with E-state index in [1.165, 1.54) is 0 Å². The van der Waals surface area contributed by atoms with Crippen molar-refractivity contribution >= 4 is 29.1 Å². The van der Waals surface area contributed by atoms with E-state index in [0.717, 1.165) is 5.69 Å². The Morgan fingerprint density at radius 1 is 1.42 bits per heavy atom. The second-order valence-electron chi connectivity index (χ2n) is 5.48. The van der Waals surface area contributed by atoms with E-state index < -0.39 is 11.9 Å². The fourth-order valence-corrected chi connectivity index (χ4v) is 2.85. The molecule has 2 aromatic rings. The molecule has 0 aliphatic carbocycles. The fraction of sp³-hybridized carbons (Fsp3) is 0.294. The molecular formula is C17H17ClN2O4. The van der Waals surface area contributed by atoms with Crippen molar-refractivity contribution in [1.82, 2.24) is 5.32 Å². The number of furan rings is 1. The Hall–Kier alpha value is -2.31. The number of carbonyl (C=O) groups excluding carboxylic acids is 2. The molecule has 1 N–H and O–H groups in total. The first-order valence-electron chi connectivity index (χ1n) is 7.54. The van der Waals surface area contributed by atoms with Crippen molar-refractivity contribution in [3.8, 4) is 0 Å². The number of amides is 2. The number of rotatable bonds is 5. The molecule has 3 rings (SSSR count). The Kier molecular flexibility index (Phi) is 4.87. The van der Waals surface area contributed by atoms with Gasteiger partial charge in [0.15, 0.2) is 5.76 Å². The lowest BCUT2D eigenvalue weighted by Crippen LogP contribution is -2.41. The summed E-state index contributed by atoms with van der Waals surface area (Å²) in [6.45, 7) is 0.815. The molecule has 1 aliphatic rings. The number of hydrogen-bond acceptors (Lipinski definition) is 4. The van der Waals surface area contributed by atoms with Gasteiger partial charge < -0.3 is 19.4 Å². The van der Waals surface area contributed by atoms with Gasteiger partial charge in [0, 0.05) is 24.4 Å². The molecule has 0 bridgehead atoms. The molecule has 1 aliphatic heterocycles. The van der Waals surface area contributed by atoms with Crippen LogP contribution in [0.25, 0.3) is 0 Å². The third-order valence-electron chi connectivity index (χ3n) is 3.80. The third kappa shape index (κ3) is 3.44. The van der Waals surface area contributed by atoms with Crippen molar-refractivity contribution < 1.29 is 18.7 Å². The molecule has 24 heavy (non-hydrogen) atoms. The smallest absolute Gasteiger partial charge is 0.287 e. The third-order valence-corrected chi connectivity index (χ3v) is 4.04. The maximum atomic E-state index is 12.5. The molecule has 1 aromatic heterocycles. The topological polar surface area (TPSA) is 71.8 Å². The van der Waals surface area contributed by atoms with Gasteiger partial charge in [0.1, 0.15) is 18.4 Å². The Balaban J connectivity index is 1.65. The number of halogens is 1. The van der Waals surface area contributed by atoms with Crippen LogP contribution in [-0.4, -0.2) is 31.5 Å². The molecule has 2 amide bonds. The zero-order valence-electron chi connectivity index (χ0n) is 13.1. The number of methoxy groups -OCH3 is 1. The van der Waals surface area contributed by atoms with Gasteiger partial charge in [0.25, 0.3) is 5.91 Å². The van der Waals surface area contributed by atoms with E-state index in [1.807, 2.05) is 6.07 Å². The van der Waals surface area contributed by atoms with E-state index in [-0.39, 0.29) is 18.3 Å². The molecule has 0 saturated carbocycles. The molecule has 1 aromatic carbocycles. The normalized spacial score (nSPS) is 17.3. The Morgan fingerprint density at radius 3 is 3.00 bits per heavy atom. The van der Waals surface area contributed by atoms with Crippen molar-refractivity contribution in [2.45, 2.75) is 19.1 Å². The first-order valence-corrected chi connectivity index (χ1v) is 7.92. The predicted octanol–water partition coefficient (Wildman–Crippen LogP) is 2.61. The minimum atomic E-state index is -0.576. The van der Waals surface area contributed by atoms with Crippen molar-refractivity contribution in [3.63, 3.8) is 0 Å². The van der Waals surface area contributed by atoms with E-state index in [4.69, 9.17) is 20.8 Å². The second kappa shape index (κ2) is 7.07. The number of carbonyl (C=O) groups is 2. The van der Waals surface area contributed by atoms with Crippen LogP contribution in [0.15, 0.2) is 40.8 Å². The van der Waals surface area contributed by atoms with Crippen LogP contribution in [0, 0.1) is 0 Å². The van der Waals surface area contributed by atoms with Crippen LogP contribution in [0.4, 0.5) is 5.69 Å². The molecule has 1 fully saturated rings. The standard InChI is InChI=1S/C17H17ClN2O4/c1-23-10-13-5-6-15(24-13)16(21)19-14-7-8-20(17(14)22)12-4-2-3-11(18)9-12/h2-6,9,14H,7-8,10H2,1H3,(H,19,21)/t14-/m1/s1. The summed E-state index contributed by atoms with van der Waals surface area (Å²) in [6.07, 6.45) is 0.530. The zero-order valence-corrected chi connectivity index (χ0v) is 13.9. The second-order valence-corrected chi connectivity index (χ2v) is 5.92. The van der Waals surface area contributed by atoms with Crippen molar-refractivity contribution in [3.05, 3.63) is 52.9 Å². The maximum Gasteiger partial charge on any atom is 0.287 e. The molecule has 1 saturated heterocycles. The maximum absolute atomic E-state index is 12.5. The molecule has 7 heteroatoms. The number of ether oxygens (including phenoxy) is 1. The summed E-state index contributed by atoms with van der Waals surface area (Å²) in [5.74, 6) is 0.148. The lowest BCUT2D eigenvalue weighted by atomic mass is 10.2. The van der Waals surface area contributed by atoms with Gasteiger partial charge in [-0.3, -0.25) is 9.59 Å². The van der Waals surface area contributed by atoms with Crippen molar-refractivity contribution in [1.29, 1.82) is 0 Å². The van der Waals surface area contributed by atoms with Crippen LogP contribution >= 0.6 is 11.6 Å². The molecule has 0 radical (unpaired) electrons. The van der Waals surface area contributed by atoms with Crippen LogP contribution in [0.1, 0.15) is 22.7 Å². The lowest BCUT2D eigenvalue weighted by Gasteiger charge is -2.17. The summed E-state index contributed by atoms with van der Waals surface area (Å²) in [6, 6.07) is 9.75. The zero-order chi connectivity index (χ0) is 17.1. The Morgan fingerprint density at radius 2 is 2.25 bits per heavy atom. The predicted molar refractivity (Wildman–Crippen MR) is 89.1 cm³/mol. The molecular weight excluding hydrogens is 332 g/mol. The largest absolute Gasteiger partial charge is 0.453 e. The average Bonchev–Trinajstić information content (AvgIpc) is 3.16. The number of benzene rings is 1. The van der Waals surface area contributed by atoms with Gasteiger partial charge in [0.05, 0.1) is 0 Å². The Bertz CT molecular complexity index is 759. The lowest BCUT2D eigenvalue weighted by molar-refractivity contribution is -0.118. The van der Waals surface area contributed by atoms with Gasteiger partial charge in [-0.25, -0.2) is 0 Å². The van der Waals surface area contributed by atoms with E-state index >= 15 is 0 Å². The molecule has 0 spiro atoms. The molecule has 1 atom stereocenters. The van der Waals surface area contributed by atoms with Gasteiger partial charge in [0.2, 0.25) is 5.91 Å². The first-order chi connectivity index (χ1) is 11.6. The van der Waals surface area contributed by atoms with Gasteiger partial charge in [-0.2, -0.15) is 0 Å². The van der Waals surface area contributed by atoms with Crippen LogP contribution in [0.2, 0.25) is 5.02 Å². The molecule has 6 nitrogen and oxygen atoms in total. The van der Waals surface area contributed by atoms with E-state index in [9.17, 15) is 9.59 Å². The van der Waals surface area contributed by atoms with Crippen LogP contribution in [0.5, 0.6) is 0 Å². The summed E-state index contributed by atoms with van der Waals surface area (Å²) in [7, 11) is 1.55. The number of nitrogens with one attached hydrogen (secondary N) is 1. The van der Waals surface area contributed by atoms with Gasteiger partial charge in [-0.1, -0.05) is 17.7 Å². The number of nitrogens with zero attached hydrogens (tertiary/aromatic N) is 1. The fourth-order valence-electron chi connectivity index (χ4n) is 2.66. The van der Waals surface area contributed by atoms with Gasteiger partial charge in [-0.05, 0) is 36.8 Å².